The van der Waals surface area contributed by atoms with Gasteiger partial charge in [0, 0.05) is 45.1 Å². The highest BCUT2D eigenvalue weighted by atomic mass is 127. The summed E-state index contributed by atoms with van der Waals surface area (Å²) in [5, 5.41) is 5.32. The van der Waals surface area contributed by atoms with Gasteiger partial charge in [0.25, 0.3) is 0 Å². The van der Waals surface area contributed by atoms with Crippen molar-refractivity contribution in [2.45, 2.75) is 98.3 Å². The van der Waals surface area contributed by atoms with Crippen LogP contribution in [0.15, 0.2) is 162 Å². The second-order valence-electron chi connectivity index (χ2n) is 18.5. The minimum Gasteiger partial charge on any atom is -0.489 e. The molecule has 12 rings (SSSR count). The zero-order valence-corrected chi connectivity index (χ0v) is 37.9. The Hall–Kier alpha value is -5.47. The number of ether oxygens (including phenoxy) is 1. The lowest BCUT2D eigenvalue weighted by Gasteiger charge is -2.34. The van der Waals surface area contributed by atoms with Crippen LogP contribution in [-0.4, -0.2) is 28.5 Å². The first kappa shape index (κ1) is 39.1. The molecule has 5 unspecified atom stereocenters. The summed E-state index contributed by atoms with van der Waals surface area (Å²) in [6.07, 6.45) is 26.8. The molecule has 3 heterocycles. The van der Waals surface area contributed by atoms with E-state index in [-0.39, 0.29) is 27.7 Å². The molecule has 6 aliphatic rings. The molecule has 1 aromatic heterocycles. The Kier molecular flexibility index (Phi) is 10.1. The Balaban J connectivity index is 1.05. The SMILES string of the molecule is IC1(n2c3c(c4ccccc42)C2c4c(cccc4-c4ccc(-c5cccc(C6C=CCCC6)c5)cc4C4=NC(c5ccccc5)=NC(C5C=CCCC5)N4)O[C@@H]2CC3)C=CCCC1. The number of allylic oxidation sites excluding steroid dienone is 5. The first-order valence-electron chi connectivity index (χ1n) is 23.5. The highest BCUT2D eigenvalue weighted by molar-refractivity contribution is 14.1. The van der Waals surface area contributed by atoms with Crippen molar-refractivity contribution in [2.75, 3.05) is 0 Å². The van der Waals surface area contributed by atoms with E-state index in [4.69, 9.17) is 14.7 Å². The van der Waals surface area contributed by atoms with Crippen LogP contribution in [-0.2, 0) is 9.97 Å². The molecular formula is C57H53IN4O. The van der Waals surface area contributed by atoms with Crippen LogP contribution in [0.2, 0.25) is 0 Å². The monoisotopic (exact) mass is 936 g/mol. The maximum absolute atomic E-state index is 7.08. The minimum atomic E-state index is -0.127. The van der Waals surface area contributed by atoms with Crippen LogP contribution >= 0.6 is 22.6 Å². The Morgan fingerprint density at radius 2 is 1.49 bits per heavy atom. The Labute approximate surface area is 384 Å². The number of aromatic nitrogens is 1. The summed E-state index contributed by atoms with van der Waals surface area (Å²) >= 11 is 2.74. The fraction of sp³-hybridized carbons (Fsp3) is 0.298. The third-order valence-corrected chi connectivity index (χ3v) is 16.0. The first-order valence-corrected chi connectivity index (χ1v) is 24.5. The Morgan fingerprint density at radius 1 is 0.683 bits per heavy atom. The topological polar surface area (TPSA) is 50.9 Å². The Morgan fingerprint density at radius 3 is 2.33 bits per heavy atom. The number of amidine groups is 2. The zero-order valence-electron chi connectivity index (χ0n) is 35.7. The summed E-state index contributed by atoms with van der Waals surface area (Å²) in [5.74, 6) is 3.51. The van der Waals surface area contributed by atoms with Crippen LogP contribution in [0.25, 0.3) is 33.2 Å². The maximum atomic E-state index is 7.08. The fourth-order valence-corrected chi connectivity index (χ4v) is 12.8. The number of hydrogen-bond donors (Lipinski definition) is 1. The summed E-state index contributed by atoms with van der Waals surface area (Å²) in [7, 11) is 0. The van der Waals surface area contributed by atoms with Gasteiger partial charge in [-0.05, 0) is 145 Å². The third kappa shape index (κ3) is 6.95. The molecule has 314 valence electrons. The largest absolute Gasteiger partial charge is 0.489 e. The normalized spacial score (nSPS) is 26.0. The number of alkyl halides is 1. The number of fused-ring (bicyclic) bond motifs is 7. The number of nitrogens with one attached hydrogen (secondary N) is 1. The van der Waals surface area contributed by atoms with Crippen LogP contribution in [0.1, 0.15) is 110 Å². The number of aliphatic imine (C=N–C) groups is 2. The third-order valence-electron chi connectivity index (χ3n) is 14.6. The number of benzene rings is 5. The van der Waals surface area contributed by atoms with E-state index < -0.39 is 0 Å². The molecule has 5 aromatic carbocycles. The summed E-state index contributed by atoms with van der Waals surface area (Å²) in [6, 6.07) is 42.8. The lowest BCUT2D eigenvalue weighted by atomic mass is 9.77. The molecule has 6 aromatic rings. The van der Waals surface area contributed by atoms with E-state index >= 15 is 0 Å². The molecule has 1 N–H and O–H groups in total. The van der Waals surface area contributed by atoms with Gasteiger partial charge in [0.1, 0.15) is 27.4 Å². The summed E-state index contributed by atoms with van der Waals surface area (Å²) in [4.78, 5) is 10.8. The lowest BCUT2D eigenvalue weighted by Crippen LogP contribution is -2.43. The molecule has 0 spiro atoms. The molecule has 0 saturated heterocycles. The van der Waals surface area contributed by atoms with E-state index in [0.717, 1.165) is 67.1 Å². The highest BCUT2D eigenvalue weighted by Crippen LogP contribution is 2.55. The second kappa shape index (κ2) is 16.3. The quantitative estimate of drug-likeness (QED) is 0.0985. The van der Waals surface area contributed by atoms with Crippen LogP contribution in [0.4, 0.5) is 0 Å². The van der Waals surface area contributed by atoms with Crippen LogP contribution in [0, 0.1) is 5.92 Å². The maximum Gasteiger partial charge on any atom is 0.159 e. The van der Waals surface area contributed by atoms with Crippen molar-refractivity contribution in [1.29, 1.82) is 0 Å². The second-order valence-corrected chi connectivity index (χ2v) is 20.3. The predicted molar refractivity (Wildman–Crippen MR) is 267 cm³/mol. The van der Waals surface area contributed by atoms with E-state index in [1.807, 2.05) is 0 Å². The molecule has 0 amide bonds. The molecule has 6 atom stereocenters. The average Bonchev–Trinajstić information content (AvgIpc) is 3.91. The molecule has 0 bridgehead atoms. The van der Waals surface area contributed by atoms with Gasteiger partial charge in [0.2, 0.25) is 0 Å². The van der Waals surface area contributed by atoms with E-state index in [0.29, 0.717) is 5.92 Å². The molecule has 63 heavy (non-hydrogen) atoms. The van der Waals surface area contributed by atoms with Crippen molar-refractivity contribution in [3.63, 3.8) is 0 Å². The van der Waals surface area contributed by atoms with Crippen molar-refractivity contribution in [2.24, 2.45) is 15.9 Å². The van der Waals surface area contributed by atoms with Gasteiger partial charge < -0.3 is 14.6 Å². The summed E-state index contributed by atoms with van der Waals surface area (Å²) in [5.41, 5.74) is 13.9. The minimum absolute atomic E-state index is 0.0729. The smallest absolute Gasteiger partial charge is 0.159 e. The van der Waals surface area contributed by atoms with Gasteiger partial charge in [0.05, 0.1) is 5.92 Å². The van der Waals surface area contributed by atoms with Crippen molar-refractivity contribution in [3.8, 4) is 28.0 Å². The van der Waals surface area contributed by atoms with Crippen LogP contribution in [0.5, 0.6) is 5.75 Å². The first-order chi connectivity index (χ1) is 31.1. The van der Waals surface area contributed by atoms with Crippen LogP contribution in [0.3, 0.4) is 0 Å². The van der Waals surface area contributed by atoms with E-state index in [1.54, 1.807) is 0 Å². The van der Waals surface area contributed by atoms with Gasteiger partial charge in [-0.2, -0.15) is 0 Å². The van der Waals surface area contributed by atoms with Gasteiger partial charge in [-0.3, -0.25) is 0 Å². The molecule has 2 aliphatic heterocycles. The van der Waals surface area contributed by atoms with E-state index in [9.17, 15) is 0 Å². The molecule has 5 nitrogen and oxygen atoms in total. The molecule has 0 saturated carbocycles. The standard InChI is InChI=1S/C57H53IN4O/c58-57(33-13-4-14-34-57)62-47-27-12-11-25-45(47)51-48(62)31-32-50-53(51)52-44(26-16-28-49(52)63-50)43-30-29-42(41-24-15-23-40(35-41)37-17-5-1-6-18-37)36-46(43)56-60-54(38-19-7-2-8-20-38)59-55(61-56)39-21-9-3-10-22-39/h2,5,7-9,11-13,15-17,19-21,23-30,33,35-37,39,50,53,55H,1,3-4,6,10,14,18,22,31-32,34H2,(H,59,60,61)/t37?,39?,50-,53?,55?,57?/m1/s1. The van der Waals surface area contributed by atoms with E-state index in [1.165, 1.54) is 87.6 Å². The number of halogens is 1. The number of para-hydroxylation sites is 1. The highest BCUT2D eigenvalue weighted by Gasteiger charge is 2.46. The van der Waals surface area contributed by atoms with Gasteiger partial charge in [-0.1, -0.05) is 134 Å². The summed E-state index contributed by atoms with van der Waals surface area (Å²) < 4.78 is 9.69. The molecule has 0 radical (unpaired) electrons. The van der Waals surface area contributed by atoms with Gasteiger partial charge in [0.15, 0.2) is 5.84 Å². The van der Waals surface area contributed by atoms with E-state index in [2.05, 4.69) is 184 Å². The van der Waals surface area contributed by atoms with Gasteiger partial charge in [-0.15, -0.1) is 0 Å². The zero-order chi connectivity index (χ0) is 41.9. The van der Waals surface area contributed by atoms with Crippen molar-refractivity contribution >= 4 is 45.2 Å². The van der Waals surface area contributed by atoms with Gasteiger partial charge >= 0.3 is 0 Å². The molecule has 4 aliphatic carbocycles. The predicted octanol–water partition coefficient (Wildman–Crippen LogP) is 13.9. The average molecular weight is 937 g/mol. The van der Waals surface area contributed by atoms with Crippen molar-refractivity contribution in [1.82, 2.24) is 9.88 Å². The molecule has 0 fully saturated rings. The molecule has 6 heteroatoms. The molecular weight excluding hydrogens is 884 g/mol. The number of nitrogens with zero attached hydrogens (tertiary/aromatic N) is 3. The summed E-state index contributed by atoms with van der Waals surface area (Å²) in [6.45, 7) is 0. The van der Waals surface area contributed by atoms with Crippen molar-refractivity contribution in [3.05, 3.63) is 185 Å². The number of rotatable bonds is 7. The Bertz CT molecular complexity index is 2900. The van der Waals surface area contributed by atoms with Crippen molar-refractivity contribution < 1.29 is 4.74 Å². The van der Waals surface area contributed by atoms with Crippen LogP contribution < -0.4 is 10.1 Å². The van der Waals surface area contributed by atoms with Gasteiger partial charge in [-0.25, -0.2) is 9.98 Å². The fourth-order valence-electron chi connectivity index (χ4n) is 11.6. The number of hydrogen-bond acceptors (Lipinski definition) is 4. The lowest BCUT2D eigenvalue weighted by molar-refractivity contribution is 0.197.